The van der Waals surface area contributed by atoms with Crippen molar-refractivity contribution >= 4 is 19.3 Å². The van der Waals surface area contributed by atoms with Crippen molar-refractivity contribution < 1.29 is 4.43 Å². The topological polar surface area (TPSA) is 15.7 Å². The van der Waals surface area contributed by atoms with Crippen LogP contribution in [0.25, 0.3) is 0 Å². The Labute approximate surface area is 157 Å². The highest BCUT2D eigenvalue weighted by atomic mass is 28.2. The van der Waals surface area contributed by atoms with Crippen molar-refractivity contribution in [3.05, 3.63) is 0 Å². The summed E-state index contributed by atoms with van der Waals surface area (Å²) >= 11 is 0. The Bertz CT molecular complexity index is 265. The minimum Gasteiger partial charge on any atom is -0.413 e. The van der Waals surface area contributed by atoms with Crippen molar-refractivity contribution in [1.29, 1.82) is 0 Å². The summed E-state index contributed by atoms with van der Waals surface area (Å²) in [5, 5.41) is 0. The van der Waals surface area contributed by atoms with E-state index in [9.17, 15) is 0 Å². The maximum Gasteiger partial charge on any atom is 0.230 e. The van der Waals surface area contributed by atoms with Gasteiger partial charge in [-0.3, -0.25) is 9.80 Å². The number of nitrogens with zero attached hydrogens (tertiary/aromatic N) is 2. The van der Waals surface area contributed by atoms with Crippen molar-refractivity contribution in [2.75, 3.05) is 26.2 Å². The molecule has 0 saturated heterocycles. The van der Waals surface area contributed by atoms with Crippen LogP contribution in [0.5, 0.6) is 0 Å². The highest BCUT2D eigenvalue weighted by molar-refractivity contribution is 6.37. The Hall–Kier alpha value is 0.314. The Morgan fingerprint density at radius 2 is 1.21 bits per heavy atom. The Kier molecular flexibility index (Phi) is 14.7. The zero-order valence-electron chi connectivity index (χ0n) is 17.5. The zero-order chi connectivity index (χ0) is 18.4. The van der Waals surface area contributed by atoms with Gasteiger partial charge in [0.15, 0.2) is 0 Å². The van der Waals surface area contributed by atoms with E-state index < -0.39 is 0 Å². The molecule has 24 heavy (non-hydrogen) atoms. The van der Waals surface area contributed by atoms with E-state index in [0.29, 0.717) is 15.6 Å². The van der Waals surface area contributed by atoms with Gasteiger partial charge < -0.3 is 4.43 Å². The summed E-state index contributed by atoms with van der Waals surface area (Å²) in [5.41, 5.74) is 0.0312. The lowest BCUT2D eigenvalue weighted by atomic mass is 10.2. The molecule has 4 radical (unpaired) electrons. The summed E-state index contributed by atoms with van der Waals surface area (Å²) in [6.45, 7) is 20.3. The first kappa shape index (κ1) is 24.3. The third-order valence-corrected chi connectivity index (χ3v) is 7.28. The van der Waals surface area contributed by atoms with Gasteiger partial charge >= 0.3 is 0 Å². The molecule has 0 N–H and O–H groups in total. The molecular weight excluding hydrogens is 328 g/mol. The molecule has 0 aromatic rings. The molecule has 3 nitrogen and oxygen atoms in total. The van der Waals surface area contributed by atoms with Gasteiger partial charge in [0.25, 0.3) is 0 Å². The van der Waals surface area contributed by atoms with E-state index in [0.717, 1.165) is 9.52 Å². The summed E-state index contributed by atoms with van der Waals surface area (Å²) in [6.07, 6.45) is 5.47. The van der Waals surface area contributed by atoms with E-state index in [1.54, 1.807) is 0 Å². The van der Waals surface area contributed by atoms with E-state index in [-0.39, 0.29) is 5.60 Å². The number of unbranched alkanes of at least 4 members (excludes halogenated alkanes) is 3. The van der Waals surface area contributed by atoms with Gasteiger partial charge in [0.2, 0.25) is 9.76 Å². The third-order valence-electron chi connectivity index (χ3n) is 4.23. The highest BCUT2D eigenvalue weighted by Crippen LogP contribution is 2.12. The quantitative estimate of drug-likeness (QED) is 0.240. The second-order valence-corrected chi connectivity index (χ2v) is 9.71. The Balaban J connectivity index is 3.88. The number of hydrogen-bond donors (Lipinski definition) is 0. The fourth-order valence-electron chi connectivity index (χ4n) is 2.80. The van der Waals surface area contributed by atoms with Crippen LogP contribution in [0, 0.1) is 0 Å². The molecule has 0 atom stereocenters. The molecule has 0 amide bonds. The largest absolute Gasteiger partial charge is 0.413 e. The SMILES string of the molecule is CCN(CC)C([Si]CCCCCC[Si]OC(C)(C)C)N(CC)CC. The van der Waals surface area contributed by atoms with Crippen LogP contribution in [0.1, 0.15) is 74.1 Å². The normalized spacial score (nSPS) is 12.8. The van der Waals surface area contributed by atoms with E-state index >= 15 is 0 Å². The van der Waals surface area contributed by atoms with Crippen molar-refractivity contribution in [2.24, 2.45) is 0 Å². The Morgan fingerprint density at radius 3 is 1.62 bits per heavy atom. The molecule has 142 valence electrons. The lowest BCUT2D eigenvalue weighted by Crippen LogP contribution is -2.51. The van der Waals surface area contributed by atoms with Gasteiger partial charge in [-0.15, -0.1) is 0 Å². The van der Waals surface area contributed by atoms with Crippen LogP contribution in [-0.4, -0.2) is 66.7 Å². The van der Waals surface area contributed by atoms with Gasteiger partial charge in [0.1, 0.15) is 0 Å². The first-order valence-electron chi connectivity index (χ1n) is 10.0. The van der Waals surface area contributed by atoms with Gasteiger partial charge in [-0.05, 0) is 53.0 Å². The van der Waals surface area contributed by atoms with Crippen LogP contribution < -0.4 is 0 Å². The second-order valence-electron chi connectivity index (χ2n) is 7.29. The third kappa shape index (κ3) is 11.8. The van der Waals surface area contributed by atoms with Gasteiger partial charge in [-0.1, -0.05) is 59.4 Å². The summed E-state index contributed by atoms with van der Waals surface area (Å²) in [4.78, 5) is 5.27. The first-order chi connectivity index (χ1) is 11.4. The van der Waals surface area contributed by atoms with Crippen LogP contribution in [0.3, 0.4) is 0 Å². The van der Waals surface area contributed by atoms with Gasteiger partial charge in [-0.25, -0.2) is 0 Å². The van der Waals surface area contributed by atoms with Crippen LogP contribution >= 0.6 is 0 Å². The van der Waals surface area contributed by atoms with Crippen LogP contribution in [0.2, 0.25) is 12.1 Å². The van der Waals surface area contributed by atoms with Crippen LogP contribution in [-0.2, 0) is 4.43 Å². The van der Waals surface area contributed by atoms with Crippen molar-refractivity contribution in [1.82, 2.24) is 9.80 Å². The molecule has 5 heteroatoms. The second kappa shape index (κ2) is 14.5. The standard InChI is InChI=1S/C19H42N2OSi2/c1-8-20(9-2)18(21(10-3)11-4)23-16-14-12-13-15-17-24-22-19(5,6)7/h18H,8-17H2,1-7H3. The minimum atomic E-state index is 0.0312. The average molecular weight is 371 g/mol. The Morgan fingerprint density at radius 1 is 0.750 bits per heavy atom. The maximum absolute atomic E-state index is 5.81. The number of rotatable bonds is 15. The molecule has 0 spiro atoms. The monoisotopic (exact) mass is 370 g/mol. The summed E-state index contributed by atoms with van der Waals surface area (Å²) < 4.78 is 5.81. The van der Waals surface area contributed by atoms with Crippen LogP contribution in [0.15, 0.2) is 0 Å². The molecule has 0 heterocycles. The first-order valence-corrected chi connectivity index (χ1v) is 12.4. The predicted molar refractivity (Wildman–Crippen MR) is 110 cm³/mol. The molecular formula is C19H42N2OSi2. The fourth-order valence-corrected chi connectivity index (χ4v) is 5.69. The molecule has 0 rings (SSSR count). The summed E-state index contributed by atoms with van der Waals surface area (Å²) in [5.74, 6) is 0.664. The molecule has 0 aliphatic heterocycles. The lowest BCUT2D eigenvalue weighted by molar-refractivity contribution is 0.114. The molecule has 0 bridgehead atoms. The molecule has 0 saturated carbocycles. The number of hydrogen-bond acceptors (Lipinski definition) is 3. The molecule has 0 aliphatic rings. The highest BCUT2D eigenvalue weighted by Gasteiger charge is 2.21. The molecule has 0 fully saturated rings. The van der Waals surface area contributed by atoms with E-state index in [2.05, 4.69) is 58.3 Å². The van der Waals surface area contributed by atoms with Crippen molar-refractivity contribution in [2.45, 2.75) is 97.6 Å². The zero-order valence-corrected chi connectivity index (χ0v) is 19.5. The minimum absolute atomic E-state index is 0.0312. The van der Waals surface area contributed by atoms with Crippen LogP contribution in [0.4, 0.5) is 0 Å². The van der Waals surface area contributed by atoms with Gasteiger partial charge in [0, 0.05) is 11.4 Å². The molecule has 0 aromatic heterocycles. The smallest absolute Gasteiger partial charge is 0.230 e. The fraction of sp³-hybridized carbons (Fsp3) is 1.00. The summed E-state index contributed by atoms with van der Waals surface area (Å²) in [6, 6.07) is 2.62. The summed E-state index contributed by atoms with van der Waals surface area (Å²) in [7, 11) is 1.72. The predicted octanol–water partition coefficient (Wildman–Crippen LogP) is 4.49. The maximum atomic E-state index is 5.81. The van der Waals surface area contributed by atoms with E-state index in [4.69, 9.17) is 4.43 Å². The molecule has 0 aromatic carbocycles. The van der Waals surface area contributed by atoms with E-state index in [1.807, 2.05) is 0 Å². The molecule has 0 aliphatic carbocycles. The van der Waals surface area contributed by atoms with Crippen molar-refractivity contribution in [3.63, 3.8) is 0 Å². The average Bonchev–Trinajstić information content (AvgIpc) is 2.53. The van der Waals surface area contributed by atoms with E-state index in [1.165, 1.54) is 64.0 Å². The lowest BCUT2D eigenvalue weighted by Gasteiger charge is -2.38. The van der Waals surface area contributed by atoms with Gasteiger partial charge in [-0.2, -0.15) is 0 Å². The molecule has 0 unspecified atom stereocenters. The van der Waals surface area contributed by atoms with Crippen molar-refractivity contribution in [3.8, 4) is 0 Å². The van der Waals surface area contributed by atoms with Gasteiger partial charge in [0.05, 0.1) is 9.52 Å².